The van der Waals surface area contributed by atoms with Crippen molar-refractivity contribution in [3.8, 4) is 0 Å². The fraction of sp³-hybridized carbons (Fsp3) is 0.556. The zero-order valence-corrected chi connectivity index (χ0v) is 8.66. The van der Waals surface area contributed by atoms with E-state index in [9.17, 15) is 18.0 Å². The standard InChI is InChI=1S/C9H12F3N3O/c1-15-5-6(4-14-15)8(13)7(16)2-3-9(10,11)12/h4-5,8H,2-3,13H2,1H3. The fourth-order valence-corrected chi connectivity index (χ4v) is 1.21. The van der Waals surface area contributed by atoms with Crippen molar-refractivity contribution >= 4 is 5.78 Å². The maximum atomic E-state index is 11.9. The number of nitrogens with two attached hydrogens (primary N) is 1. The van der Waals surface area contributed by atoms with Crippen LogP contribution in [0, 0.1) is 0 Å². The van der Waals surface area contributed by atoms with Crippen LogP contribution >= 0.6 is 0 Å². The van der Waals surface area contributed by atoms with Gasteiger partial charge in [-0.1, -0.05) is 0 Å². The highest BCUT2D eigenvalue weighted by molar-refractivity contribution is 5.84. The molecule has 90 valence electrons. The number of carbonyl (C=O) groups excluding carboxylic acids is 1. The molecule has 16 heavy (non-hydrogen) atoms. The van der Waals surface area contributed by atoms with E-state index in [1.54, 1.807) is 7.05 Å². The molecule has 4 nitrogen and oxygen atoms in total. The van der Waals surface area contributed by atoms with Gasteiger partial charge < -0.3 is 5.73 Å². The molecule has 0 aliphatic heterocycles. The van der Waals surface area contributed by atoms with Crippen molar-refractivity contribution in [2.45, 2.75) is 25.1 Å². The van der Waals surface area contributed by atoms with Gasteiger partial charge in [-0.15, -0.1) is 0 Å². The maximum Gasteiger partial charge on any atom is 0.389 e. The number of aryl methyl sites for hydroxylation is 1. The highest BCUT2D eigenvalue weighted by Crippen LogP contribution is 2.23. The molecule has 1 heterocycles. The summed E-state index contributed by atoms with van der Waals surface area (Å²) in [6.45, 7) is 0. The van der Waals surface area contributed by atoms with Crippen LogP contribution < -0.4 is 5.73 Å². The molecule has 1 unspecified atom stereocenters. The van der Waals surface area contributed by atoms with Crippen LogP contribution in [0.5, 0.6) is 0 Å². The first-order valence-corrected chi connectivity index (χ1v) is 4.63. The molecule has 7 heteroatoms. The highest BCUT2D eigenvalue weighted by atomic mass is 19.4. The lowest BCUT2D eigenvalue weighted by Crippen LogP contribution is -2.22. The Balaban J connectivity index is 2.55. The Morgan fingerprint density at radius 2 is 2.25 bits per heavy atom. The molecule has 1 atom stereocenters. The van der Waals surface area contributed by atoms with Crippen molar-refractivity contribution in [2.24, 2.45) is 12.8 Å². The Hall–Kier alpha value is -1.37. The molecule has 1 rings (SSSR count). The summed E-state index contributed by atoms with van der Waals surface area (Å²) < 4.78 is 37.1. The third-order valence-corrected chi connectivity index (χ3v) is 2.09. The molecule has 0 spiro atoms. The van der Waals surface area contributed by atoms with Gasteiger partial charge in [0.05, 0.1) is 18.7 Å². The molecule has 0 bridgehead atoms. The predicted molar refractivity (Wildman–Crippen MR) is 50.4 cm³/mol. The van der Waals surface area contributed by atoms with Crippen molar-refractivity contribution in [3.05, 3.63) is 18.0 Å². The summed E-state index contributed by atoms with van der Waals surface area (Å²) in [5.41, 5.74) is 5.94. The average molecular weight is 235 g/mol. The second-order valence-corrected chi connectivity index (χ2v) is 3.51. The molecule has 1 aromatic heterocycles. The summed E-state index contributed by atoms with van der Waals surface area (Å²) in [5.74, 6) is -0.634. The van der Waals surface area contributed by atoms with Crippen LogP contribution in [0.2, 0.25) is 0 Å². The summed E-state index contributed by atoms with van der Waals surface area (Å²) in [6.07, 6.45) is -3.18. The van der Waals surface area contributed by atoms with E-state index in [0.29, 0.717) is 5.56 Å². The van der Waals surface area contributed by atoms with Crippen LogP contribution in [0.4, 0.5) is 13.2 Å². The molecule has 0 aliphatic rings. The van der Waals surface area contributed by atoms with Crippen LogP contribution in [-0.4, -0.2) is 21.7 Å². The first-order valence-electron chi connectivity index (χ1n) is 4.63. The topological polar surface area (TPSA) is 60.9 Å². The largest absolute Gasteiger partial charge is 0.389 e. The van der Waals surface area contributed by atoms with Gasteiger partial charge in [-0.2, -0.15) is 18.3 Å². The van der Waals surface area contributed by atoms with Crippen LogP contribution in [0.3, 0.4) is 0 Å². The van der Waals surface area contributed by atoms with Crippen molar-refractivity contribution in [2.75, 3.05) is 0 Å². The number of halogens is 3. The van der Waals surface area contributed by atoms with Gasteiger partial charge in [0.15, 0.2) is 5.78 Å². The zero-order chi connectivity index (χ0) is 12.3. The number of aromatic nitrogens is 2. The van der Waals surface area contributed by atoms with E-state index in [1.807, 2.05) is 0 Å². The summed E-state index contributed by atoms with van der Waals surface area (Å²) in [5, 5.41) is 3.79. The zero-order valence-electron chi connectivity index (χ0n) is 8.66. The number of hydrogen-bond donors (Lipinski definition) is 1. The minimum absolute atomic E-state index is 0.426. The van der Waals surface area contributed by atoms with E-state index in [4.69, 9.17) is 5.73 Å². The molecule has 0 aliphatic carbocycles. The Labute approximate surface area is 90.2 Å². The van der Waals surface area contributed by atoms with E-state index < -0.39 is 30.8 Å². The second-order valence-electron chi connectivity index (χ2n) is 3.51. The number of carbonyl (C=O) groups is 1. The molecule has 0 radical (unpaired) electrons. The number of hydrogen-bond acceptors (Lipinski definition) is 3. The summed E-state index contributed by atoms with van der Waals surface area (Å²) in [4.78, 5) is 11.3. The molecule has 2 N–H and O–H groups in total. The van der Waals surface area contributed by atoms with Crippen molar-refractivity contribution in [1.82, 2.24) is 9.78 Å². The summed E-state index contributed by atoms with van der Waals surface area (Å²) >= 11 is 0. The smallest absolute Gasteiger partial charge is 0.318 e. The monoisotopic (exact) mass is 235 g/mol. The van der Waals surface area contributed by atoms with Gasteiger partial charge in [0.1, 0.15) is 0 Å². The van der Waals surface area contributed by atoms with Crippen LogP contribution in [0.15, 0.2) is 12.4 Å². The Bertz CT molecular complexity index is 372. The SMILES string of the molecule is Cn1cc(C(N)C(=O)CCC(F)(F)F)cn1. The van der Waals surface area contributed by atoms with Gasteiger partial charge in [0.2, 0.25) is 0 Å². The average Bonchev–Trinajstić information content (AvgIpc) is 2.59. The Morgan fingerprint density at radius 3 is 2.69 bits per heavy atom. The third kappa shape index (κ3) is 3.65. The number of Topliss-reactive ketones (excluding diaryl/α,β-unsaturated/α-hetero) is 1. The second kappa shape index (κ2) is 4.65. The molecule has 0 saturated heterocycles. The van der Waals surface area contributed by atoms with Crippen molar-refractivity contribution in [1.29, 1.82) is 0 Å². The van der Waals surface area contributed by atoms with E-state index in [0.717, 1.165) is 0 Å². The van der Waals surface area contributed by atoms with E-state index in [2.05, 4.69) is 5.10 Å². The molecule has 0 fully saturated rings. The van der Waals surface area contributed by atoms with Crippen LogP contribution in [-0.2, 0) is 11.8 Å². The summed E-state index contributed by atoms with van der Waals surface area (Å²) in [6, 6.07) is -1.03. The Kier molecular flexibility index (Phi) is 3.69. The van der Waals surface area contributed by atoms with E-state index in [1.165, 1.54) is 17.1 Å². The minimum Gasteiger partial charge on any atom is -0.318 e. The van der Waals surface area contributed by atoms with Gasteiger partial charge in [0, 0.05) is 25.2 Å². The molecular formula is C9H12F3N3O. The predicted octanol–water partition coefficient (Wildman–Crippen LogP) is 1.33. The minimum atomic E-state index is -4.33. The molecule has 0 amide bonds. The van der Waals surface area contributed by atoms with Gasteiger partial charge in [-0.05, 0) is 0 Å². The lowest BCUT2D eigenvalue weighted by molar-refractivity contribution is -0.143. The third-order valence-electron chi connectivity index (χ3n) is 2.09. The van der Waals surface area contributed by atoms with Crippen LogP contribution in [0.25, 0.3) is 0 Å². The number of ketones is 1. The first-order chi connectivity index (χ1) is 7.29. The number of rotatable bonds is 4. The highest BCUT2D eigenvalue weighted by Gasteiger charge is 2.29. The van der Waals surface area contributed by atoms with Gasteiger partial charge in [0.25, 0.3) is 0 Å². The normalized spacial score (nSPS) is 13.8. The molecular weight excluding hydrogens is 223 g/mol. The molecule has 0 saturated carbocycles. The number of alkyl halides is 3. The first kappa shape index (κ1) is 12.7. The molecule has 0 aromatic carbocycles. The lowest BCUT2D eigenvalue weighted by atomic mass is 10.0. The van der Waals surface area contributed by atoms with Crippen molar-refractivity contribution < 1.29 is 18.0 Å². The molecule has 1 aromatic rings. The Morgan fingerprint density at radius 1 is 1.62 bits per heavy atom. The number of nitrogens with zero attached hydrogens (tertiary/aromatic N) is 2. The lowest BCUT2D eigenvalue weighted by Gasteiger charge is -2.09. The van der Waals surface area contributed by atoms with E-state index in [-0.39, 0.29) is 0 Å². The van der Waals surface area contributed by atoms with Gasteiger partial charge in [-0.25, -0.2) is 0 Å². The van der Waals surface area contributed by atoms with Gasteiger partial charge in [-0.3, -0.25) is 9.48 Å². The maximum absolute atomic E-state index is 11.9. The van der Waals surface area contributed by atoms with Crippen molar-refractivity contribution in [3.63, 3.8) is 0 Å². The summed E-state index contributed by atoms with van der Waals surface area (Å²) in [7, 11) is 1.64. The fourth-order valence-electron chi connectivity index (χ4n) is 1.21. The van der Waals surface area contributed by atoms with Crippen LogP contribution in [0.1, 0.15) is 24.4 Å². The van der Waals surface area contributed by atoms with E-state index >= 15 is 0 Å². The van der Waals surface area contributed by atoms with Gasteiger partial charge >= 0.3 is 6.18 Å². The quantitative estimate of drug-likeness (QED) is 0.856.